The van der Waals surface area contributed by atoms with Crippen molar-refractivity contribution in [3.8, 4) is 0 Å². The van der Waals surface area contributed by atoms with Gasteiger partial charge in [0.05, 0.1) is 0 Å². The third-order valence-corrected chi connectivity index (χ3v) is 4.55. The number of carbonyl (C=O) groups is 1. The fourth-order valence-corrected chi connectivity index (χ4v) is 3.15. The molecule has 0 aliphatic heterocycles. The summed E-state index contributed by atoms with van der Waals surface area (Å²) in [5.74, 6) is 1.42. The molecule has 0 saturated heterocycles. The third-order valence-electron chi connectivity index (χ3n) is 4.55. The van der Waals surface area contributed by atoms with Gasteiger partial charge in [-0.15, -0.1) is 0 Å². The molecular weight excluding hydrogens is 234 g/mol. The molecule has 0 bridgehead atoms. The van der Waals surface area contributed by atoms with Crippen molar-refractivity contribution in [2.24, 2.45) is 11.8 Å². The molecule has 2 atom stereocenters. The number of hydrogen-bond donors (Lipinski definition) is 0. The molecule has 1 rings (SSSR count). The second kappa shape index (κ2) is 9.39. The predicted octanol–water partition coefficient (Wildman–Crippen LogP) is 4.63. The minimum atomic E-state index is 0.276. The fourth-order valence-electron chi connectivity index (χ4n) is 3.15. The molecule has 1 unspecified atom stereocenters. The van der Waals surface area contributed by atoms with E-state index in [0.717, 1.165) is 18.8 Å². The highest BCUT2D eigenvalue weighted by atomic mass is 16.2. The molecule has 1 aliphatic rings. The first kappa shape index (κ1) is 16.5. The normalized spacial score (nSPS) is 27.7. The van der Waals surface area contributed by atoms with E-state index in [4.69, 9.17) is 0 Å². The van der Waals surface area contributed by atoms with Crippen molar-refractivity contribution in [1.29, 1.82) is 0 Å². The maximum atomic E-state index is 12.2. The molecule has 0 aromatic rings. The third kappa shape index (κ3) is 6.98. The highest BCUT2D eigenvalue weighted by Gasteiger charge is 2.20. The fraction of sp³-hybridized carbons (Fsp3) is 0.941. The van der Waals surface area contributed by atoms with Crippen LogP contribution in [-0.4, -0.2) is 24.9 Å². The predicted molar refractivity (Wildman–Crippen MR) is 82.1 cm³/mol. The Kier molecular flexibility index (Phi) is 8.16. The maximum absolute atomic E-state index is 12.2. The lowest BCUT2D eigenvalue weighted by Gasteiger charge is -2.22. The van der Waals surface area contributed by atoms with E-state index in [1.165, 1.54) is 57.8 Å². The minimum absolute atomic E-state index is 0.276. The number of carbonyl (C=O) groups excluding carboxylic acids is 1. The highest BCUT2D eigenvalue weighted by molar-refractivity contribution is 5.78. The lowest BCUT2D eigenvalue weighted by atomic mass is 9.90. The van der Waals surface area contributed by atoms with Crippen LogP contribution >= 0.6 is 0 Å². The van der Waals surface area contributed by atoms with Crippen molar-refractivity contribution < 1.29 is 4.79 Å². The Morgan fingerprint density at radius 1 is 0.789 bits per heavy atom. The summed E-state index contributed by atoms with van der Waals surface area (Å²) in [6.45, 7) is 2.36. The molecule has 0 aromatic heterocycles. The minimum Gasteiger partial charge on any atom is -0.349 e. The van der Waals surface area contributed by atoms with Crippen molar-refractivity contribution in [3.05, 3.63) is 0 Å². The van der Waals surface area contributed by atoms with Crippen LogP contribution in [0, 0.1) is 11.8 Å². The molecule has 1 aliphatic carbocycles. The molecule has 2 heteroatoms. The SMILES string of the molecule is C[C@@H]1CCCCCCCCCC(C(=O)N(C)C)CC1. The molecule has 0 N–H and O–H groups in total. The van der Waals surface area contributed by atoms with E-state index in [0.29, 0.717) is 5.91 Å². The Labute approximate surface area is 119 Å². The molecule has 0 aromatic carbocycles. The molecule has 1 fully saturated rings. The molecule has 0 radical (unpaired) electrons. The van der Waals surface area contributed by atoms with Crippen LogP contribution in [0.1, 0.15) is 77.6 Å². The number of rotatable bonds is 1. The van der Waals surface area contributed by atoms with Gasteiger partial charge in [0.1, 0.15) is 0 Å². The van der Waals surface area contributed by atoms with Gasteiger partial charge >= 0.3 is 0 Å². The summed E-state index contributed by atoms with van der Waals surface area (Å²) in [5, 5.41) is 0. The second-order valence-corrected chi connectivity index (χ2v) is 6.66. The lowest BCUT2D eigenvalue weighted by Crippen LogP contribution is -2.30. The van der Waals surface area contributed by atoms with Gasteiger partial charge in [-0.3, -0.25) is 4.79 Å². The van der Waals surface area contributed by atoms with Crippen LogP contribution in [0.15, 0.2) is 0 Å². The van der Waals surface area contributed by atoms with Gasteiger partial charge in [-0.1, -0.05) is 58.3 Å². The smallest absolute Gasteiger partial charge is 0.225 e. The zero-order valence-electron chi connectivity index (χ0n) is 13.3. The zero-order chi connectivity index (χ0) is 14.1. The van der Waals surface area contributed by atoms with Crippen LogP contribution in [0.3, 0.4) is 0 Å². The Morgan fingerprint density at radius 3 is 1.89 bits per heavy atom. The summed E-state index contributed by atoms with van der Waals surface area (Å²) in [6, 6.07) is 0. The molecule has 1 amide bonds. The topological polar surface area (TPSA) is 20.3 Å². The van der Waals surface area contributed by atoms with Crippen molar-refractivity contribution in [3.63, 3.8) is 0 Å². The second-order valence-electron chi connectivity index (χ2n) is 6.66. The van der Waals surface area contributed by atoms with Crippen molar-refractivity contribution in [2.75, 3.05) is 14.1 Å². The van der Waals surface area contributed by atoms with Gasteiger partial charge in [0, 0.05) is 20.0 Å². The monoisotopic (exact) mass is 267 g/mol. The Hall–Kier alpha value is -0.530. The van der Waals surface area contributed by atoms with Crippen LogP contribution in [0.25, 0.3) is 0 Å². The highest BCUT2D eigenvalue weighted by Crippen LogP contribution is 2.24. The van der Waals surface area contributed by atoms with E-state index in [9.17, 15) is 4.79 Å². The molecule has 2 nitrogen and oxygen atoms in total. The van der Waals surface area contributed by atoms with E-state index in [1.807, 2.05) is 14.1 Å². The van der Waals surface area contributed by atoms with Gasteiger partial charge < -0.3 is 4.90 Å². The van der Waals surface area contributed by atoms with Gasteiger partial charge in [-0.2, -0.15) is 0 Å². The van der Waals surface area contributed by atoms with Crippen molar-refractivity contribution >= 4 is 5.91 Å². The van der Waals surface area contributed by atoms with E-state index in [-0.39, 0.29) is 5.92 Å². The van der Waals surface area contributed by atoms with E-state index in [1.54, 1.807) is 4.90 Å². The Bertz CT molecular complexity index is 250. The Balaban J connectivity index is 2.49. The number of nitrogens with zero attached hydrogens (tertiary/aromatic N) is 1. The first-order chi connectivity index (χ1) is 9.11. The number of hydrogen-bond acceptors (Lipinski definition) is 1. The van der Waals surface area contributed by atoms with Crippen molar-refractivity contribution in [2.45, 2.75) is 77.6 Å². The summed E-state index contributed by atoms with van der Waals surface area (Å²) < 4.78 is 0. The van der Waals surface area contributed by atoms with E-state index in [2.05, 4.69) is 6.92 Å². The molecule has 0 spiro atoms. The average molecular weight is 267 g/mol. The molecule has 0 heterocycles. The van der Waals surface area contributed by atoms with Gasteiger partial charge in [0.25, 0.3) is 0 Å². The Morgan fingerprint density at radius 2 is 1.32 bits per heavy atom. The largest absolute Gasteiger partial charge is 0.349 e. The summed E-state index contributed by atoms with van der Waals surface area (Å²) >= 11 is 0. The van der Waals surface area contributed by atoms with Crippen LogP contribution in [0.2, 0.25) is 0 Å². The summed E-state index contributed by atoms with van der Waals surface area (Å²) in [4.78, 5) is 14.0. The molecule has 19 heavy (non-hydrogen) atoms. The first-order valence-corrected chi connectivity index (χ1v) is 8.32. The van der Waals surface area contributed by atoms with Crippen LogP contribution in [0.4, 0.5) is 0 Å². The van der Waals surface area contributed by atoms with Crippen LogP contribution in [-0.2, 0) is 4.79 Å². The van der Waals surface area contributed by atoms with Gasteiger partial charge in [0.15, 0.2) is 0 Å². The molecule has 1 saturated carbocycles. The van der Waals surface area contributed by atoms with E-state index < -0.39 is 0 Å². The van der Waals surface area contributed by atoms with E-state index >= 15 is 0 Å². The summed E-state index contributed by atoms with van der Waals surface area (Å²) in [5.41, 5.74) is 0. The summed E-state index contributed by atoms with van der Waals surface area (Å²) in [6.07, 6.45) is 14.3. The molecule has 112 valence electrons. The van der Waals surface area contributed by atoms with Crippen LogP contribution < -0.4 is 0 Å². The van der Waals surface area contributed by atoms with Crippen LogP contribution in [0.5, 0.6) is 0 Å². The van der Waals surface area contributed by atoms with Gasteiger partial charge in [-0.05, 0) is 25.2 Å². The lowest BCUT2D eigenvalue weighted by molar-refractivity contribution is -0.133. The quantitative estimate of drug-likeness (QED) is 0.678. The number of amides is 1. The van der Waals surface area contributed by atoms with Gasteiger partial charge in [-0.25, -0.2) is 0 Å². The van der Waals surface area contributed by atoms with Crippen molar-refractivity contribution in [1.82, 2.24) is 4.90 Å². The molecular formula is C17H33NO. The average Bonchev–Trinajstić information content (AvgIpc) is 2.40. The first-order valence-electron chi connectivity index (χ1n) is 8.32. The maximum Gasteiger partial charge on any atom is 0.225 e. The zero-order valence-corrected chi connectivity index (χ0v) is 13.3. The standard InChI is InChI=1S/C17H33NO/c1-15-11-9-7-5-4-6-8-10-12-16(14-13-15)17(19)18(2)3/h15-16H,4-14H2,1-3H3/t15-,16?/m1/s1. The summed E-state index contributed by atoms with van der Waals surface area (Å²) in [7, 11) is 3.79. The van der Waals surface area contributed by atoms with Gasteiger partial charge in [0.2, 0.25) is 5.91 Å².